The van der Waals surface area contributed by atoms with Crippen molar-refractivity contribution in [3.05, 3.63) is 102 Å². The summed E-state index contributed by atoms with van der Waals surface area (Å²) < 4.78 is 15.5. The summed E-state index contributed by atoms with van der Waals surface area (Å²) in [6, 6.07) is 17.9. The summed E-state index contributed by atoms with van der Waals surface area (Å²) in [5.41, 5.74) is 3.67. The number of aryl methyl sites for hydroxylation is 1. The van der Waals surface area contributed by atoms with Crippen molar-refractivity contribution >= 4 is 11.7 Å². The van der Waals surface area contributed by atoms with Crippen LogP contribution in [0.5, 0.6) is 0 Å². The Bertz CT molecular complexity index is 964. The van der Waals surface area contributed by atoms with Crippen LogP contribution in [-0.4, -0.2) is 22.0 Å². The molecule has 0 bridgehead atoms. The first-order chi connectivity index (χ1) is 13.5. The third-order valence-electron chi connectivity index (χ3n) is 4.42. The van der Waals surface area contributed by atoms with Crippen molar-refractivity contribution in [3.63, 3.8) is 0 Å². The highest BCUT2D eigenvalue weighted by Gasteiger charge is 2.15. The Morgan fingerprint density at radius 1 is 1.18 bits per heavy atom. The lowest BCUT2D eigenvalue weighted by Crippen LogP contribution is -2.35. The number of amides is 2. The molecule has 0 fully saturated rings. The molecule has 1 heterocycles. The van der Waals surface area contributed by atoms with Gasteiger partial charge in [-0.2, -0.15) is 0 Å². The van der Waals surface area contributed by atoms with Gasteiger partial charge in [0, 0.05) is 30.7 Å². The second-order valence-corrected chi connectivity index (χ2v) is 6.73. The summed E-state index contributed by atoms with van der Waals surface area (Å²) in [5, 5.41) is 2.94. The second-order valence-electron chi connectivity index (χ2n) is 6.73. The van der Waals surface area contributed by atoms with Gasteiger partial charge in [0.15, 0.2) is 0 Å². The summed E-state index contributed by atoms with van der Waals surface area (Å²) in [4.78, 5) is 14.4. The van der Waals surface area contributed by atoms with Gasteiger partial charge in [-0.15, -0.1) is 6.58 Å². The van der Waals surface area contributed by atoms with Crippen LogP contribution in [0.15, 0.2) is 79.5 Å². The zero-order valence-corrected chi connectivity index (χ0v) is 15.9. The highest BCUT2D eigenvalue weighted by Crippen LogP contribution is 2.14. The number of urea groups is 1. The number of carbonyl (C=O) groups is 1. The van der Waals surface area contributed by atoms with Crippen LogP contribution < -0.4 is 5.32 Å². The number of anilines is 1. The Labute approximate surface area is 164 Å². The van der Waals surface area contributed by atoms with E-state index in [-0.39, 0.29) is 11.8 Å². The summed E-state index contributed by atoms with van der Waals surface area (Å²) in [5.74, 6) is -0.253. The summed E-state index contributed by atoms with van der Waals surface area (Å²) >= 11 is 0. The van der Waals surface area contributed by atoms with E-state index in [4.69, 9.17) is 0 Å². The molecule has 0 aliphatic rings. The number of halogens is 1. The quantitative estimate of drug-likeness (QED) is 0.564. The SMILES string of the molecule is C=CCN(Cc1cccn1Cc1cccc(F)c1)C(=O)Nc1cccc(C)c1. The summed E-state index contributed by atoms with van der Waals surface area (Å²) in [6.07, 6.45) is 3.64. The first kappa shape index (κ1) is 19.4. The van der Waals surface area contributed by atoms with Gasteiger partial charge in [0.25, 0.3) is 0 Å². The molecule has 3 aromatic rings. The van der Waals surface area contributed by atoms with Crippen LogP contribution in [-0.2, 0) is 13.1 Å². The normalized spacial score (nSPS) is 10.5. The molecule has 2 aromatic carbocycles. The first-order valence-corrected chi connectivity index (χ1v) is 9.17. The summed E-state index contributed by atoms with van der Waals surface area (Å²) in [7, 11) is 0. The molecule has 0 saturated carbocycles. The van der Waals surface area contributed by atoms with Crippen LogP contribution in [0.3, 0.4) is 0 Å². The largest absolute Gasteiger partial charge is 0.345 e. The first-order valence-electron chi connectivity index (χ1n) is 9.17. The predicted octanol–water partition coefficient (Wildman–Crippen LogP) is 5.20. The molecule has 0 aliphatic carbocycles. The average Bonchev–Trinajstić information content (AvgIpc) is 3.08. The standard InChI is InChI=1S/C23H24FN3O/c1-3-12-27(23(28)25-21-10-4-7-18(2)14-21)17-22-11-6-13-26(22)16-19-8-5-9-20(24)15-19/h3-11,13-15H,1,12,16-17H2,2H3,(H,25,28). The van der Waals surface area contributed by atoms with E-state index >= 15 is 0 Å². The molecule has 0 saturated heterocycles. The molecule has 0 radical (unpaired) electrons. The van der Waals surface area contributed by atoms with Crippen molar-refractivity contribution in [3.8, 4) is 0 Å². The summed E-state index contributed by atoms with van der Waals surface area (Å²) in [6.45, 7) is 7.13. The van der Waals surface area contributed by atoms with E-state index in [2.05, 4.69) is 11.9 Å². The van der Waals surface area contributed by atoms with Crippen molar-refractivity contribution in [1.29, 1.82) is 0 Å². The van der Waals surface area contributed by atoms with Gasteiger partial charge in [-0.05, 0) is 54.4 Å². The fourth-order valence-electron chi connectivity index (χ4n) is 3.08. The Morgan fingerprint density at radius 3 is 2.75 bits per heavy atom. The lowest BCUT2D eigenvalue weighted by atomic mass is 10.2. The molecule has 0 aliphatic heterocycles. The van der Waals surface area contributed by atoms with Gasteiger partial charge in [0.05, 0.1) is 6.54 Å². The van der Waals surface area contributed by atoms with E-state index < -0.39 is 0 Å². The van der Waals surface area contributed by atoms with Crippen LogP contribution in [0, 0.1) is 12.7 Å². The zero-order chi connectivity index (χ0) is 19.9. The van der Waals surface area contributed by atoms with E-state index in [9.17, 15) is 9.18 Å². The van der Waals surface area contributed by atoms with Crippen molar-refractivity contribution in [2.45, 2.75) is 20.0 Å². The number of hydrogen-bond donors (Lipinski definition) is 1. The van der Waals surface area contributed by atoms with Gasteiger partial charge in [-0.25, -0.2) is 9.18 Å². The van der Waals surface area contributed by atoms with E-state index in [1.807, 2.05) is 60.2 Å². The second kappa shape index (κ2) is 9.04. The molecule has 28 heavy (non-hydrogen) atoms. The number of hydrogen-bond acceptors (Lipinski definition) is 1. The molecule has 1 N–H and O–H groups in total. The van der Waals surface area contributed by atoms with Crippen molar-refractivity contribution in [2.75, 3.05) is 11.9 Å². The minimum atomic E-state index is -0.253. The van der Waals surface area contributed by atoms with Crippen molar-refractivity contribution < 1.29 is 9.18 Å². The highest BCUT2D eigenvalue weighted by molar-refractivity contribution is 5.89. The van der Waals surface area contributed by atoms with Crippen LogP contribution >= 0.6 is 0 Å². The number of rotatable bonds is 7. The topological polar surface area (TPSA) is 37.3 Å². The Morgan fingerprint density at radius 2 is 2.00 bits per heavy atom. The molecule has 0 unspecified atom stereocenters. The maximum atomic E-state index is 13.5. The van der Waals surface area contributed by atoms with E-state index in [1.165, 1.54) is 12.1 Å². The number of carbonyl (C=O) groups excluding carboxylic acids is 1. The van der Waals surface area contributed by atoms with Crippen LogP contribution in [0.4, 0.5) is 14.9 Å². The molecule has 0 spiro atoms. The molecule has 2 amide bonds. The minimum absolute atomic E-state index is 0.191. The Kier molecular flexibility index (Phi) is 6.27. The molecule has 5 heteroatoms. The molecule has 1 aromatic heterocycles. The van der Waals surface area contributed by atoms with Gasteiger partial charge in [0.2, 0.25) is 0 Å². The van der Waals surface area contributed by atoms with Crippen LogP contribution in [0.25, 0.3) is 0 Å². The molecule has 0 atom stereocenters. The Hall–Kier alpha value is -3.34. The molecule has 4 nitrogen and oxygen atoms in total. The van der Waals surface area contributed by atoms with Crippen LogP contribution in [0.1, 0.15) is 16.8 Å². The lowest BCUT2D eigenvalue weighted by molar-refractivity contribution is 0.214. The number of aromatic nitrogens is 1. The van der Waals surface area contributed by atoms with Gasteiger partial charge in [-0.3, -0.25) is 0 Å². The number of nitrogens with zero attached hydrogens (tertiary/aromatic N) is 2. The van der Waals surface area contributed by atoms with E-state index in [1.54, 1.807) is 17.0 Å². The van der Waals surface area contributed by atoms with Crippen molar-refractivity contribution in [1.82, 2.24) is 9.47 Å². The monoisotopic (exact) mass is 377 g/mol. The maximum Gasteiger partial charge on any atom is 0.322 e. The van der Waals surface area contributed by atoms with Gasteiger partial charge in [0.1, 0.15) is 5.82 Å². The molecular weight excluding hydrogens is 353 g/mol. The van der Waals surface area contributed by atoms with E-state index in [0.717, 1.165) is 22.5 Å². The highest BCUT2D eigenvalue weighted by atomic mass is 19.1. The zero-order valence-electron chi connectivity index (χ0n) is 15.9. The third kappa shape index (κ3) is 5.10. The van der Waals surface area contributed by atoms with Gasteiger partial charge < -0.3 is 14.8 Å². The lowest BCUT2D eigenvalue weighted by Gasteiger charge is -2.23. The average molecular weight is 377 g/mol. The van der Waals surface area contributed by atoms with E-state index in [0.29, 0.717) is 19.6 Å². The Balaban J connectivity index is 1.73. The fraction of sp³-hybridized carbons (Fsp3) is 0.174. The van der Waals surface area contributed by atoms with Gasteiger partial charge in [-0.1, -0.05) is 30.3 Å². The molecule has 3 rings (SSSR count). The molecular formula is C23H24FN3O. The van der Waals surface area contributed by atoms with Crippen LogP contribution in [0.2, 0.25) is 0 Å². The minimum Gasteiger partial charge on any atom is -0.345 e. The smallest absolute Gasteiger partial charge is 0.322 e. The third-order valence-corrected chi connectivity index (χ3v) is 4.42. The van der Waals surface area contributed by atoms with Crippen molar-refractivity contribution in [2.24, 2.45) is 0 Å². The number of nitrogens with one attached hydrogen (secondary N) is 1. The maximum absolute atomic E-state index is 13.5. The predicted molar refractivity (Wildman–Crippen MR) is 111 cm³/mol. The molecule has 144 valence electrons. The fourth-order valence-corrected chi connectivity index (χ4v) is 3.08. The van der Waals surface area contributed by atoms with Gasteiger partial charge >= 0.3 is 6.03 Å². The number of benzene rings is 2.